The number of aliphatic carboxylic acids is 1. The molecule has 1 unspecified atom stereocenters. The van der Waals surface area contributed by atoms with E-state index in [2.05, 4.69) is 0 Å². The standard InChI is InChI=1S/C11H15O4P/c1-16(14,8-7-11(12)13)15-9-10-5-3-2-4-6-10/h2-6H,7-9H2,1H3,(H,12,13). The fraction of sp³-hybridized carbons (Fsp3) is 0.364. The van der Waals surface area contributed by atoms with Gasteiger partial charge in [-0.05, 0) is 5.56 Å². The number of hydrogen-bond donors (Lipinski definition) is 1. The number of carboxylic acid groups (broad SMARTS) is 1. The van der Waals surface area contributed by atoms with E-state index in [9.17, 15) is 9.36 Å². The van der Waals surface area contributed by atoms with Gasteiger partial charge in [-0.3, -0.25) is 9.36 Å². The van der Waals surface area contributed by atoms with Crippen molar-refractivity contribution < 1.29 is 19.0 Å². The minimum absolute atomic E-state index is 0.0785. The van der Waals surface area contributed by atoms with E-state index in [4.69, 9.17) is 9.63 Å². The Morgan fingerprint density at radius 1 is 1.38 bits per heavy atom. The van der Waals surface area contributed by atoms with E-state index < -0.39 is 13.3 Å². The molecule has 0 saturated carbocycles. The van der Waals surface area contributed by atoms with Crippen molar-refractivity contribution >= 4 is 13.3 Å². The van der Waals surface area contributed by atoms with E-state index in [-0.39, 0.29) is 19.2 Å². The van der Waals surface area contributed by atoms with Gasteiger partial charge in [0.15, 0.2) is 0 Å². The summed E-state index contributed by atoms with van der Waals surface area (Å²) in [4.78, 5) is 10.3. The molecule has 0 aromatic heterocycles. The highest BCUT2D eigenvalue weighted by Crippen LogP contribution is 2.43. The zero-order valence-electron chi connectivity index (χ0n) is 9.13. The third-order valence-electron chi connectivity index (χ3n) is 2.08. The quantitative estimate of drug-likeness (QED) is 0.779. The monoisotopic (exact) mass is 242 g/mol. The Labute approximate surface area is 94.7 Å². The van der Waals surface area contributed by atoms with E-state index in [0.717, 1.165) is 5.56 Å². The fourth-order valence-corrected chi connectivity index (χ4v) is 2.30. The van der Waals surface area contributed by atoms with Crippen molar-refractivity contribution in [1.82, 2.24) is 0 Å². The molecule has 0 bridgehead atoms. The maximum atomic E-state index is 11.8. The van der Waals surface area contributed by atoms with Crippen LogP contribution in [0, 0.1) is 0 Å². The van der Waals surface area contributed by atoms with Gasteiger partial charge in [0.1, 0.15) is 0 Å². The summed E-state index contributed by atoms with van der Waals surface area (Å²) >= 11 is 0. The Hall–Kier alpha value is -1.12. The van der Waals surface area contributed by atoms with Crippen molar-refractivity contribution in [3.05, 3.63) is 35.9 Å². The molecule has 1 aromatic carbocycles. The first kappa shape index (κ1) is 12.9. The van der Waals surface area contributed by atoms with Crippen LogP contribution in [0.5, 0.6) is 0 Å². The summed E-state index contributed by atoms with van der Waals surface area (Å²) in [7, 11) is -2.79. The van der Waals surface area contributed by atoms with Crippen molar-refractivity contribution in [2.24, 2.45) is 0 Å². The van der Waals surface area contributed by atoms with Gasteiger partial charge in [0.05, 0.1) is 13.0 Å². The summed E-state index contributed by atoms with van der Waals surface area (Å²) in [5.41, 5.74) is 0.930. The molecule has 0 aliphatic rings. The lowest BCUT2D eigenvalue weighted by molar-refractivity contribution is -0.136. The molecule has 0 radical (unpaired) electrons. The third-order valence-corrected chi connectivity index (χ3v) is 3.79. The Bertz CT molecular complexity index is 388. The summed E-state index contributed by atoms with van der Waals surface area (Å²) in [6.45, 7) is 1.73. The molecule has 1 rings (SSSR count). The second-order valence-electron chi connectivity index (χ2n) is 3.64. The summed E-state index contributed by atoms with van der Waals surface area (Å²) in [5, 5.41) is 8.49. The molecule has 1 aromatic rings. The van der Waals surface area contributed by atoms with Crippen molar-refractivity contribution in [1.29, 1.82) is 0 Å². The van der Waals surface area contributed by atoms with Crippen LogP contribution >= 0.6 is 7.37 Å². The number of carboxylic acids is 1. The molecule has 0 fully saturated rings. The number of rotatable bonds is 6. The van der Waals surface area contributed by atoms with Gasteiger partial charge in [-0.25, -0.2) is 0 Å². The second-order valence-corrected chi connectivity index (χ2v) is 6.37. The molecule has 0 heterocycles. The van der Waals surface area contributed by atoms with Gasteiger partial charge >= 0.3 is 5.97 Å². The lowest BCUT2D eigenvalue weighted by Crippen LogP contribution is -2.01. The van der Waals surface area contributed by atoms with Crippen LogP contribution in [0.3, 0.4) is 0 Å². The van der Waals surface area contributed by atoms with Gasteiger partial charge in [0.25, 0.3) is 0 Å². The smallest absolute Gasteiger partial charge is 0.303 e. The summed E-state index contributed by atoms with van der Waals surface area (Å²) in [6, 6.07) is 9.38. The van der Waals surface area contributed by atoms with E-state index in [1.54, 1.807) is 0 Å². The van der Waals surface area contributed by atoms with E-state index in [1.165, 1.54) is 6.66 Å². The topological polar surface area (TPSA) is 63.6 Å². The molecule has 88 valence electrons. The summed E-state index contributed by atoms with van der Waals surface area (Å²) in [6.07, 6.45) is -0.0439. The number of carbonyl (C=O) groups is 1. The molecule has 0 aliphatic carbocycles. The van der Waals surface area contributed by atoms with Crippen molar-refractivity contribution in [3.8, 4) is 0 Å². The Morgan fingerprint density at radius 2 is 2.00 bits per heavy atom. The van der Waals surface area contributed by atoms with Crippen LogP contribution in [0.1, 0.15) is 12.0 Å². The maximum absolute atomic E-state index is 11.8. The Kier molecular flexibility index (Phi) is 4.71. The molecule has 0 saturated heterocycles. The molecule has 5 heteroatoms. The van der Waals surface area contributed by atoms with Crippen LogP contribution in [0.25, 0.3) is 0 Å². The highest BCUT2D eigenvalue weighted by atomic mass is 31.2. The zero-order chi connectivity index (χ0) is 12.0. The van der Waals surface area contributed by atoms with Gasteiger partial charge in [0, 0.05) is 12.8 Å². The molecule has 0 amide bonds. The predicted molar refractivity (Wildman–Crippen MR) is 61.9 cm³/mol. The van der Waals surface area contributed by atoms with Gasteiger partial charge in [-0.15, -0.1) is 0 Å². The van der Waals surface area contributed by atoms with Gasteiger partial charge in [-0.2, -0.15) is 0 Å². The van der Waals surface area contributed by atoms with Gasteiger partial charge in [-0.1, -0.05) is 30.3 Å². The Balaban J connectivity index is 2.42. The van der Waals surface area contributed by atoms with Crippen molar-refractivity contribution in [2.45, 2.75) is 13.0 Å². The molecule has 0 spiro atoms. The highest BCUT2D eigenvalue weighted by molar-refractivity contribution is 7.58. The molecule has 1 atom stereocenters. The average Bonchev–Trinajstić information content (AvgIpc) is 2.26. The van der Waals surface area contributed by atoms with Crippen molar-refractivity contribution in [2.75, 3.05) is 12.8 Å². The van der Waals surface area contributed by atoms with E-state index in [1.807, 2.05) is 30.3 Å². The van der Waals surface area contributed by atoms with E-state index in [0.29, 0.717) is 0 Å². The third kappa shape index (κ3) is 5.10. The highest BCUT2D eigenvalue weighted by Gasteiger charge is 2.17. The summed E-state index contributed by atoms with van der Waals surface area (Å²) in [5.74, 6) is -0.953. The van der Waals surface area contributed by atoms with Crippen LogP contribution in [-0.2, 0) is 20.5 Å². The van der Waals surface area contributed by atoms with E-state index >= 15 is 0 Å². The lowest BCUT2D eigenvalue weighted by atomic mass is 10.2. The Morgan fingerprint density at radius 3 is 2.56 bits per heavy atom. The van der Waals surface area contributed by atoms with Gasteiger partial charge < -0.3 is 9.63 Å². The molecule has 4 nitrogen and oxygen atoms in total. The number of hydrogen-bond acceptors (Lipinski definition) is 3. The second kappa shape index (κ2) is 5.83. The molecule has 0 aliphatic heterocycles. The molecular weight excluding hydrogens is 227 g/mol. The lowest BCUT2D eigenvalue weighted by Gasteiger charge is -2.12. The van der Waals surface area contributed by atoms with Crippen LogP contribution in [0.4, 0.5) is 0 Å². The van der Waals surface area contributed by atoms with Crippen LogP contribution in [0.15, 0.2) is 30.3 Å². The predicted octanol–water partition coefficient (Wildman–Crippen LogP) is 2.59. The normalized spacial score (nSPS) is 14.3. The minimum atomic E-state index is -2.79. The molecule has 16 heavy (non-hydrogen) atoms. The van der Waals surface area contributed by atoms with Gasteiger partial charge in [0.2, 0.25) is 7.37 Å². The zero-order valence-corrected chi connectivity index (χ0v) is 10.0. The number of benzene rings is 1. The SMILES string of the molecule is CP(=O)(CCC(=O)O)OCc1ccccc1. The molecule has 1 N–H and O–H groups in total. The first-order chi connectivity index (χ1) is 7.49. The van der Waals surface area contributed by atoms with Crippen molar-refractivity contribution in [3.63, 3.8) is 0 Å². The summed E-state index contributed by atoms with van der Waals surface area (Å²) < 4.78 is 17.1. The maximum Gasteiger partial charge on any atom is 0.303 e. The molecular formula is C11H15O4P. The van der Waals surface area contributed by atoms with Crippen LogP contribution in [-0.4, -0.2) is 23.9 Å². The average molecular weight is 242 g/mol. The largest absolute Gasteiger partial charge is 0.481 e. The van der Waals surface area contributed by atoms with Crippen LogP contribution in [0.2, 0.25) is 0 Å². The van der Waals surface area contributed by atoms with Crippen LogP contribution < -0.4 is 0 Å². The first-order valence-electron chi connectivity index (χ1n) is 4.96. The first-order valence-corrected chi connectivity index (χ1v) is 7.22. The minimum Gasteiger partial charge on any atom is -0.481 e. The fourth-order valence-electron chi connectivity index (χ4n) is 1.15.